The topological polar surface area (TPSA) is 88.3 Å². The maximum absolute atomic E-state index is 12.8. The van der Waals surface area contributed by atoms with E-state index in [1.165, 1.54) is 17.7 Å². The molecule has 27 heavy (non-hydrogen) atoms. The number of hydrogen-bond donors (Lipinski definition) is 1. The summed E-state index contributed by atoms with van der Waals surface area (Å²) in [7, 11) is 0. The van der Waals surface area contributed by atoms with Gasteiger partial charge in [-0.25, -0.2) is 14.5 Å². The molecule has 0 unspecified atom stereocenters. The van der Waals surface area contributed by atoms with Gasteiger partial charge in [0.15, 0.2) is 0 Å². The Morgan fingerprint density at radius 3 is 2.59 bits per heavy atom. The van der Waals surface area contributed by atoms with Crippen LogP contribution in [-0.4, -0.2) is 37.8 Å². The van der Waals surface area contributed by atoms with E-state index in [-0.39, 0.29) is 22.9 Å². The molecule has 3 rings (SSSR count). The largest absolute Gasteiger partial charge is 0.477 e. The fourth-order valence-corrected chi connectivity index (χ4v) is 4.53. The van der Waals surface area contributed by atoms with Gasteiger partial charge in [0, 0.05) is 17.3 Å². The number of carboxylic acids is 1. The Bertz CT molecular complexity index is 835. The number of carboxylic acid groups (broad SMARTS) is 1. The van der Waals surface area contributed by atoms with Gasteiger partial charge >= 0.3 is 5.97 Å². The number of carbonyl (C=O) groups excluding carboxylic acids is 1. The van der Waals surface area contributed by atoms with Crippen molar-refractivity contribution in [1.82, 2.24) is 14.8 Å². The predicted octanol–water partition coefficient (Wildman–Crippen LogP) is 4.00. The van der Waals surface area contributed by atoms with Crippen molar-refractivity contribution in [2.75, 3.05) is 4.90 Å². The first kappa shape index (κ1) is 19.3. The highest BCUT2D eigenvalue weighted by Gasteiger charge is 2.33. The summed E-state index contributed by atoms with van der Waals surface area (Å²) in [5.41, 5.74) is 1.30. The number of amides is 1. The average Bonchev–Trinajstić information content (AvgIpc) is 3.32. The van der Waals surface area contributed by atoms with E-state index in [1.54, 1.807) is 17.3 Å². The highest BCUT2D eigenvalue weighted by atomic mass is 32.1. The molecule has 1 aliphatic carbocycles. The zero-order valence-corrected chi connectivity index (χ0v) is 16.4. The number of allylic oxidation sites excluding steroid dienone is 1. The Balaban J connectivity index is 1.88. The molecule has 1 aliphatic rings. The Labute approximate surface area is 162 Å². The molecule has 0 bridgehead atoms. The maximum Gasteiger partial charge on any atom is 0.348 e. The highest BCUT2D eigenvalue weighted by molar-refractivity contribution is 7.15. The number of hydrogen-bond acceptors (Lipinski definition) is 5. The van der Waals surface area contributed by atoms with Crippen LogP contribution in [0.5, 0.6) is 0 Å². The van der Waals surface area contributed by atoms with Gasteiger partial charge in [0.25, 0.3) is 0 Å². The van der Waals surface area contributed by atoms with Gasteiger partial charge in [-0.2, -0.15) is 5.10 Å². The van der Waals surface area contributed by atoms with Crippen LogP contribution in [0.25, 0.3) is 5.57 Å². The molecule has 1 fully saturated rings. The van der Waals surface area contributed by atoms with Crippen molar-refractivity contribution in [3.05, 3.63) is 35.1 Å². The smallest absolute Gasteiger partial charge is 0.348 e. The van der Waals surface area contributed by atoms with Crippen LogP contribution in [0.3, 0.4) is 0 Å². The Hall–Kier alpha value is -2.48. The third-order valence-corrected chi connectivity index (χ3v) is 6.27. The van der Waals surface area contributed by atoms with E-state index in [0.717, 1.165) is 36.1 Å². The summed E-state index contributed by atoms with van der Waals surface area (Å²) in [5, 5.41) is 13.9. The molecular weight excluding hydrogens is 364 g/mol. The van der Waals surface area contributed by atoms with Crippen LogP contribution in [0, 0.1) is 0 Å². The van der Waals surface area contributed by atoms with Crippen LogP contribution in [0.4, 0.5) is 5.69 Å². The quantitative estimate of drug-likeness (QED) is 0.808. The maximum atomic E-state index is 12.8. The van der Waals surface area contributed by atoms with Gasteiger partial charge in [-0.1, -0.05) is 13.5 Å². The average molecular weight is 388 g/mol. The molecule has 0 radical (unpaired) electrons. The van der Waals surface area contributed by atoms with Crippen molar-refractivity contribution in [2.24, 2.45) is 0 Å². The standard InChI is InChI=1S/C19H24N4O3S/c1-4-17(24)23(15-9-16(12(2)3)27-18(15)19(25)26)14-7-5-13(6-8-14)22-11-20-10-21-22/h9-11,13-14H,2,4-8H2,1,3H3,(H,25,26). The molecular formula is C19H24N4O3S. The van der Waals surface area contributed by atoms with Gasteiger partial charge in [-0.3, -0.25) is 4.79 Å². The van der Waals surface area contributed by atoms with Crippen LogP contribution in [0.15, 0.2) is 25.3 Å². The first-order chi connectivity index (χ1) is 12.9. The number of aromatic nitrogens is 3. The van der Waals surface area contributed by atoms with Crippen molar-refractivity contribution < 1.29 is 14.7 Å². The van der Waals surface area contributed by atoms with E-state index < -0.39 is 5.97 Å². The van der Waals surface area contributed by atoms with Crippen LogP contribution in [0.2, 0.25) is 0 Å². The van der Waals surface area contributed by atoms with Crippen molar-refractivity contribution in [3.63, 3.8) is 0 Å². The normalized spacial score (nSPS) is 19.6. The van der Waals surface area contributed by atoms with Crippen LogP contribution in [0.1, 0.15) is 66.5 Å². The lowest BCUT2D eigenvalue weighted by atomic mass is 9.89. The third kappa shape index (κ3) is 3.95. The van der Waals surface area contributed by atoms with E-state index in [9.17, 15) is 14.7 Å². The monoisotopic (exact) mass is 388 g/mol. The summed E-state index contributed by atoms with van der Waals surface area (Å²) in [6, 6.07) is 2.06. The SMILES string of the molecule is C=C(C)c1cc(N(C(=O)CC)C2CCC(n3cncn3)CC2)c(C(=O)O)s1. The molecule has 2 aromatic heterocycles. The van der Waals surface area contributed by atoms with E-state index in [2.05, 4.69) is 16.7 Å². The molecule has 2 aromatic rings. The van der Waals surface area contributed by atoms with E-state index in [1.807, 2.05) is 18.5 Å². The van der Waals surface area contributed by atoms with Crippen LogP contribution >= 0.6 is 11.3 Å². The van der Waals surface area contributed by atoms with Gasteiger partial charge in [-0.15, -0.1) is 11.3 Å². The van der Waals surface area contributed by atoms with E-state index in [0.29, 0.717) is 12.1 Å². The third-order valence-electron chi connectivity index (χ3n) is 5.00. The van der Waals surface area contributed by atoms with Gasteiger partial charge in [0.1, 0.15) is 17.5 Å². The molecule has 7 nitrogen and oxygen atoms in total. The Morgan fingerprint density at radius 2 is 2.07 bits per heavy atom. The summed E-state index contributed by atoms with van der Waals surface area (Å²) < 4.78 is 1.87. The number of nitrogens with zero attached hydrogens (tertiary/aromatic N) is 4. The zero-order chi connectivity index (χ0) is 19.6. The lowest BCUT2D eigenvalue weighted by Crippen LogP contribution is -2.43. The molecule has 1 N–H and O–H groups in total. The summed E-state index contributed by atoms with van der Waals surface area (Å²) in [6.45, 7) is 7.57. The second kappa shape index (κ2) is 8.04. The second-order valence-corrected chi connectivity index (χ2v) is 7.92. The van der Waals surface area contributed by atoms with Crippen LogP contribution in [-0.2, 0) is 4.79 Å². The number of rotatable bonds is 6. The number of thiophene rings is 1. The molecule has 144 valence electrons. The minimum absolute atomic E-state index is 0.0112. The molecule has 2 heterocycles. The van der Waals surface area contributed by atoms with E-state index >= 15 is 0 Å². The molecule has 0 aromatic carbocycles. The van der Waals surface area contributed by atoms with Gasteiger partial charge < -0.3 is 10.0 Å². The van der Waals surface area contributed by atoms with Gasteiger partial charge in [0.2, 0.25) is 5.91 Å². The highest BCUT2D eigenvalue weighted by Crippen LogP contribution is 2.39. The first-order valence-corrected chi connectivity index (χ1v) is 9.93. The van der Waals surface area contributed by atoms with Crippen molar-refractivity contribution in [3.8, 4) is 0 Å². The molecule has 1 amide bonds. The minimum Gasteiger partial charge on any atom is -0.477 e. The summed E-state index contributed by atoms with van der Waals surface area (Å²) in [6.07, 6.45) is 6.94. The van der Waals surface area contributed by atoms with Gasteiger partial charge in [0.05, 0.1) is 11.7 Å². The lowest BCUT2D eigenvalue weighted by Gasteiger charge is -2.36. The molecule has 1 saturated carbocycles. The molecule has 0 saturated heterocycles. The van der Waals surface area contributed by atoms with Crippen molar-refractivity contribution >= 4 is 34.5 Å². The lowest BCUT2D eigenvalue weighted by molar-refractivity contribution is -0.119. The molecule has 0 atom stereocenters. The summed E-state index contributed by atoms with van der Waals surface area (Å²) in [4.78, 5) is 31.3. The number of anilines is 1. The fraction of sp³-hybridized carbons (Fsp3) is 0.474. The Kier molecular flexibility index (Phi) is 5.74. The zero-order valence-electron chi connectivity index (χ0n) is 15.6. The molecule has 0 aliphatic heterocycles. The van der Waals surface area contributed by atoms with Crippen molar-refractivity contribution in [2.45, 2.75) is 58.0 Å². The number of carbonyl (C=O) groups is 2. The fourth-order valence-electron chi connectivity index (χ4n) is 3.62. The first-order valence-electron chi connectivity index (χ1n) is 9.11. The predicted molar refractivity (Wildman–Crippen MR) is 105 cm³/mol. The number of aromatic carboxylic acids is 1. The summed E-state index contributed by atoms with van der Waals surface area (Å²) >= 11 is 1.18. The Morgan fingerprint density at radius 1 is 1.37 bits per heavy atom. The molecule has 0 spiro atoms. The van der Waals surface area contributed by atoms with Crippen molar-refractivity contribution in [1.29, 1.82) is 0 Å². The minimum atomic E-state index is -1.01. The van der Waals surface area contributed by atoms with Crippen LogP contribution < -0.4 is 4.90 Å². The van der Waals surface area contributed by atoms with E-state index in [4.69, 9.17) is 0 Å². The molecule has 8 heteroatoms. The van der Waals surface area contributed by atoms with Gasteiger partial charge in [-0.05, 0) is 44.2 Å². The second-order valence-electron chi connectivity index (χ2n) is 6.87. The summed E-state index contributed by atoms with van der Waals surface area (Å²) in [5.74, 6) is -1.06.